The summed E-state index contributed by atoms with van der Waals surface area (Å²) in [6, 6.07) is 0. The van der Waals surface area contributed by atoms with Crippen molar-refractivity contribution in [2.45, 2.75) is 13.3 Å². The summed E-state index contributed by atoms with van der Waals surface area (Å²) >= 11 is 0. The molecule has 66 valence electrons. The van der Waals surface area contributed by atoms with Crippen molar-refractivity contribution in [1.29, 1.82) is 0 Å². The third-order valence-electron chi connectivity index (χ3n) is 1.43. The molecule has 0 rings (SSSR count). The monoisotopic (exact) mass is 170 g/mol. The fourth-order valence-corrected chi connectivity index (χ4v) is 0.535. The van der Waals surface area contributed by atoms with Gasteiger partial charge in [-0.15, -0.1) is 0 Å². The summed E-state index contributed by atoms with van der Waals surface area (Å²) in [5, 5.41) is 8.38. The number of Topliss-reactive ketones (excluding diaryl/α,β-unsaturated/α-hetero) is 1. The molecule has 0 aliphatic heterocycles. The van der Waals surface area contributed by atoms with Gasteiger partial charge in [0, 0.05) is 0 Å². The minimum Gasteiger partial charge on any atom is -0.481 e. The number of rotatable bonds is 5. The summed E-state index contributed by atoms with van der Waals surface area (Å²) in [7, 11) is 0. The van der Waals surface area contributed by atoms with Gasteiger partial charge in [-0.2, -0.15) is 0 Å². The van der Waals surface area contributed by atoms with E-state index >= 15 is 0 Å². The van der Waals surface area contributed by atoms with E-state index in [4.69, 9.17) is 5.11 Å². The number of carbonyl (C=O) groups is 3. The molecule has 12 heavy (non-hydrogen) atoms. The molecule has 0 aromatic carbocycles. The van der Waals surface area contributed by atoms with Crippen LogP contribution in [0.25, 0.3) is 0 Å². The standard InChI is InChI=1S/C8H10O4/c1-3-6(9)4-7(10)5(2)8(11)12/h3,5H,1,4H2,2H3,(H,11,12). The fourth-order valence-electron chi connectivity index (χ4n) is 0.535. The predicted molar refractivity (Wildman–Crippen MR) is 41.6 cm³/mol. The van der Waals surface area contributed by atoms with E-state index in [2.05, 4.69) is 6.58 Å². The average Bonchev–Trinajstić information content (AvgIpc) is 2.02. The lowest BCUT2D eigenvalue weighted by Crippen LogP contribution is -2.22. The second-order valence-corrected chi connectivity index (χ2v) is 2.37. The van der Waals surface area contributed by atoms with Crippen LogP contribution in [-0.4, -0.2) is 22.6 Å². The third kappa shape index (κ3) is 3.09. The Morgan fingerprint density at radius 2 is 2.00 bits per heavy atom. The van der Waals surface area contributed by atoms with Crippen LogP contribution in [-0.2, 0) is 14.4 Å². The van der Waals surface area contributed by atoms with E-state index in [-0.39, 0.29) is 6.42 Å². The van der Waals surface area contributed by atoms with Crippen molar-refractivity contribution in [2.75, 3.05) is 0 Å². The zero-order valence-corrected chi connectivity index (χ0v) is 6.74. The molecule has 0 saturated heterocycles. The molecule has 1 atom stereocenters. The summed E-state index contributed by atoms with van der Waals surface area (Å²) in [5.41, 5.74) is 0. The first-order valence-electron chi connectivity index (χ1n) is 3.39. The van der Waals surface area contributed by atoms with Gasteiger partial charge in [0.1, 0.15) is 5.92 Å². The molecule has 0 fully saturated rings. The average molecular weight is 170 g/mol. The molecule has 0 aromatic rings. The number of carbonyl (C=O) groups excluding carboxylic acids is 2. The SMILES string of the molecule is C=CC(=O)CC(=O)C(C)C(=O)O. The molecule has 0 amide bonds. The van der Waals surface area contributed by atoms with Gasteiger partial charge in [-0.1, -0.05) is 6.58 Å². The maximum atomic E-state index is 10.9. The molecule has 1 unspecified atom stereocenters. The molecule has 1 N–H and O–H groups in total. The van der Waals surface area contributed by atoms with Crippen molar-refractivity contribution in [3.8, 4) is 0 Å². The Hall–Kier alpha value is -1.45. The van der Waals surface area contributed by atoms with Crippen LogP contribution in [0.1, 0.15) is 13.3 Å². The maximum Gasteiger partial charge on any atom is 0.313 e. The number of carboxylic acid groups (broad SMARTS) is 1. The summed E-state index contributed by atoms with van der Waals surface area (Å²) < 4.78 is 0. The molecule has 0 aliphatic carbocycles. The number of hydrogen-bond acceptors (Lipinski definition) is 3. The first-order valence-corrected chi connectivity index (χ1v) is 3.39. The first-order chi connectivity index (χ1) is 5.49. The third-order valence-corrected chi connectivity index (χ3v) is 1.43. The van der Waals surface area contributed by atoms with Gasteiger partial charge in [0.25, 0.3) is 0 Å². The van der Waals surface area contributed by atoms with Crippen LogP contribution in [0.2, 0.25) is 0 Å². The molecular formula is C8H10O4. The molecule has 0 saturated carbocycles. The highest BCUT2D eigenvalue weighted by Gasteiger charge is 2.21. The predicted octanol–water partition coefficient (Wildman–Crippen LogP) is 0.421. The van der Waals surface area contributed by atoms with Gasteiger partial charge in [-0.05, 0) is 13.0 Å². The highest BCUT2D eigenvalue weighted by atomic mass is 16.4. The Balaban J connectivity index is 4.13. The topological polar surface area (TPSA) is 71.4 Å². The van der Waals surface area contributed by atoms with E-state index in [1.54, 1.807) is 0 Å². The Labute approximate surface area is 69.9 Å². The van der Waals surface area contributed by atoms with Crippen molar-refractivity contribution >= 4 is 17.5 Å². The van der Waals surface area contributed by atoms with Gasteiger partial charge in [0.2, 0.25) is 0 Å². The van der Waals surface area contributed by atoms with Crippen molar-refractivity contribution < 1.29 is 19.5 Å². The smallest absolute Gasteiger partial charge is 0.313 e. The molecule has 4 nitrogen and oxygen atoms in total. The van der Waals surface area contributed by atoms with Gasteiger partial charge < -0.3 is 5.11 Å². The molecule has 0 aromatic heterocycles. The highest BCUT2D eigenvalue weighted by Crippen LogP contribution is 2.01. The van der Waals surface area contributed by atoms with Gasteiger partial charge in [0.05, 0.1) is 6.42 Å². The Morgan fingerprint density at radius 1 is 1.50 bits per heavy atom. The number of allylic oxidation sites excluding steroid dienone is 1. The first kappa shape index (κ1) is 10.6. The summed E-state index contributed by atoms with van der Waals surface area (Å²) in [4.78, 5) is 31.8. The Morgan fingerprint density at radius 3 is 2.33 bits per heavy atom. The van der Waals surface area contributed by atoms with E-state index in [0.717, 1.165) is 6.08 Å². The fraction of sp³-hybridized carbons (Fsp3) is 0.375. The van der Waals surface area contributed by atoms with Crippen LogP contribution in [0.15, 0.2) is 12.7 Å². The maximum absolute atomic E-state index is 10.9. The van der Waals surface area contributed by atoms with Crippen LogP contribution in [0, 0.1) is 5.92 Å². The minimum atomic E-state index is -1.21. The van der Waals surface area contributed by atoms with Crippen LogP contribution < -0.4 is 0 Å². The number of hydrogen-bond donors (Lipinski definition) is 1. The van der Waals surface area contributed by atoms with Gasteiger partial charge in [-0.25, -0.2) is 0 Å². The van der Waals surface area contributed by atoms with Crippen molar-refractivity contribution in [1.82, 2.24) is 0 Å². The molecule has 0 bridgehead atoms. The quantitative estimate of drug-likeness (QED) is 0.479. The minimum absolute atomic E-state index is 0.378. The van der Waals surface area contributed by atoms with Gasteiger partial charge in [0.15, 0.2) is 11.6 Å². The zero-order chi connectivity index (χ0) is 9.72. The molecule has 4 heteroatoms. The van der Waals surface area contributed by atoms with Crippen molar-refractivity contribution in [2.24, 2.45) is 5.92 Å². The largest absolute Gasteiger partial charge is 0.481 e. The highest BCUT2D eigenvalue weighted by molar-refractivity contribution is 6.09. The number of ketones is 2. The zero-order valence-electron chi connectivity index (χ0n) is 6.74. The number of carboxylic acids is 1. The second-order valence-electron chi connectivity index (χ2n) is 2.37. The van der Waals surface area contributed by atoms with Gasteiger partial charge >= 0.3 is 5.97 Å². The van der Waals surface area contributed by atoms with Crippen LogP contribution in [0.3, 0.4) is 0 Å². The van der Waals surface area contributed by atoms with E-state index in [1.807, 2.05) is 0 Å². The lowest BCUT2D eigenvalue weighted by atomic mass is 10.0. The van der Waals surface area contributed by atoms with E-state index in [9.17, 15) is 14.4 Å². The second kappa shape index (κ2) is 4.43. The Kier molecular flexibility index (Phi) is 3.90. The lowest BCUT2D eigenvalue weighted by molar-refractivity contribution is -0.145. The molecule has 0 aliphatic rings. The normalized spacial score (nSPS) is 11.8. The van der Waals surface area contributed by atoms with Crippen molar-refractivity contribution in [3.63, 3.8) is 0 Å². The van der Waals surface area contributed by atoms with Crippen LogP contribution in [0.4, 0.5) is 0 Å². The molecule has 0 radical (unpaired) electrons. The lowest BCUT2D eigenvalue weighted by Gasteiger charge is -2.01. The van der Waals surface area contributed by atoms with E-state index < -0.39 is 23.5 Å². The summed E-state index contributed by atoms with van der Waals surface area (Å²) in [6.45, 7) is 4.42. The molecule has 0 spiro atoms. The summed E-state index contributed by atoms with van der Waals surface area (Å²) in [5.74, 6) is -3.37. The molecule has 0 heterocycles. The van der Waals surface area contributed by atoms with Crippen LogP contribution in [0.5, 0.6) is 0 Å². The van der Waals surface area contributed by atoms with E-state index in [1.165, 1.54) is 6.92 Å². The summed E-state index contributed by atoms with van der Waals surface area (Å²) in [6.07, 6.45) is 0.628. The van der Waals surface area contributed by atoms with Crippen LogP contribution >= 0.6 is 0 Å². The van der Waals surface area contributed by atoms with E-state index in [0.29, 0.717) is 0 Å². The Bertz CT molecular complexity index is 229. The van der Waals surface area contributed by atoms with Crippen molar-refractivity contribution in [3.05, 3.63) is 12.7 Å². The molecular weight excluding hydrogens is 160 g/mol. The van der Waals surface area contributed by atoms with Gasteiger partial charge in [-0.3, -0.25) is 14.4 Å². The number of aliphatic carboxylic acids is 1.